The largest absolute Gasteiger partial charge is 0.423 e. The average molecular weight is 273 g/mol. The number of rotatable bonds is 2. The molecule has 20 heavy (non-hydrogen) atoms. The van der Waals surface area contributed by atoms with Crippen LogP contribution in [0.1, 0.15) is 56.3 Å². The molecule has 106 valence electrons. The number of fused-ring (bicyclic) bond motifs is 1. The quantitative estimate of drug-likeness (QED) is 0.829. The van der Waals surface area contributed by atoms with E-state index in [9.17, 15) is 4.79 Å². The zero-order valence-corrected chi connectivity index (χ0v) is 11.8. The molecule has 3 saturated carbocycles. The van der Waals surface area contributed by atoms with Crippen LogP contribution in [0.15, 0.2) is 4.42 Å². The van der Waals surface area contributed by atoms with E-state index in [4.69, 9.17) is 4.42 Å². The van der Waals surface area contributed by atoms with Crippen LogP contribution in [0.4, 0.5) is 0 Å². The van der Waals surface area contributed by atoms with E-state index in [1.165, 1.54) is 25.7 Å². The first-order valence-electron chi connectivity index (χ1n) is 7.78. The van der Waals surface area contributed by atoms with Crippen LogP contribution in [-0.4, -0.2) is 27.5 Å². The van der Waals surface area contributed by atoms with Crippen molar-refractivity contribution >= 4 is 5.91 Å². The molecule has 5 nitrogen and oxygen atoms in total. The van der Waals surface area contributed by atoms with Crippen molar-refractivity contribution < 1.29 is 9.21 Å². The van der Waals surface area contributed by atoms with E-state index in [2.05, 4.69) is 10.2 Å². The van der Waals surface area contributed by atoms with Gasteiger partial charge in [-0.05, 0) is 49.4 Å². The molecule has 0 N–H and O–H groups in total. The van der Waals surface area contributed by atoms with Crippen molar-refractivity contribution in [3.8, 4) is 0 Å². The molecule has 0 bridgehead atoms. The molecule has 4 fully saturated rings. The second-order valence-electron chi connectivity index (χ2n) is 7.09. The number of amides is 1. The molecule has 1 saturated heterocycles. The molecule has 5 rings (SSSR count). The van der Waals surface area contributed by atoms with Crippen LogP contribution in [0.25, 0.3) is 0 Å². The van der Waals surface area contributed by atoms with Crippen molar-refractivity contribution in [1.82, 2.24) is 15.1 Å². The lowest BCUT2D eigenvalue weighted by molar-refractivity contribution is -0.134. The molecule has 0 aromatic carbocycles. The van der Waals surface area contributed by atoms with Gasteiger partial charge in [0.1, 0.15) is 6.04 Å². The minimum atomic E-state index is 0.0240. The van der Waals surface area contributed by atoms with Gasteiger partial charge in [0.2, 0.25) is 17.7 Å². The lowest BCUT2D eigenvalue weighted by Crippen LogP contribution is -2.33. The molecular formula is C15H19N3O2. The maximum Gasteiger partial charge on any atom is 0.238 e. The van der Waals surface area contributed by atoms with E-state index in [1.807, 2.05) is 4.90 Å². The second kappa shape index (κ2) is 3.26. The molecule has 3 aliphatic carbocycles. The molecular weight excluding hydrogens is 254 g/mol. The molecule has 0 unspecified atom stereocenters. The van der Waals surface area contributed by atoms with Crippen LogP contribution in [0.2, 0.25) is 0 Å². The van der Waals surface area contributed by atoms with Gasteiger partial charge in [0, 0.05) is 13.5 Å². The highest BCUT2D eigenvalue weighted by Crippen LogP contribution is 2.92. The van der Waals surface area contributed by atoms with Crippen molar-refractivity contribution in [3.05, 3.63) is 11.8 Å². The van der Waals surface area contributed by atoms with Crippen molar-refractivity contribution in [3.63, 3.8) is 0 Å². The summed E-state index contributed by atoms with van der Waals surface area (Å²) < 4.78 is 5.57. The van der Waals surface area contributed by atoms with Gasteiger partial charge in [-0.15, -0.1) is 10.2 Å². The van der Waals surface area contributed by atoms with Crippen LogP contribution in [-0.2, 0) is 4.79 Å². The van der Waals surface area contributed by atoms with Gasteiger partial charge in [-0.2, -0.15) is 0 Å². The topological polar surface area (TPSA) is 59.2 Å². The first-order chi connectivity index (χ1) is 9.68. The van der Waals surface area contributed by atoms with Gasteiger partial charge in [0.15, 0.2) is 0 Å². The summed E-state index contributed by atoms with van der Waals surface area (Å²) in [5.41, 5.74) is 0.865. The van der Waals surface area contributed by atoms with E-state index < -0.39 is 0 Å². The van der Waals surface area contributed by atoms with Crippen molar-refractivity contribution in [1.29, 1.82) is 0 Å². The Balaban J connectivity index is 1.42. The standard InChI is InChI=1S/C15H19N3O2/c1-9-16-17-12(20-9)10-3-2-8-18(10)13(19)11-14(4-5-14)15(11)6-7-15/h10-11H,2-8H2,1H3/t10-/m0/s1. The fraction of sp³-hybridized carbons (Fsp3) is 0.800. The Morgan fingerprint density at radius 2 is 1.95 bits per heavy atom. The van der Waals surface area contributed by atoms with Gasteiger partial charge in [-0.25, -0.2) is 0 Å². The third-order valence-electron chi connectivity index (χ3n) is 6.20. The predicted octanol–water partition coefficient (Wildman–Crippen LogP) is 2.23. The summed E-state index contributed by atoms with van der Waals surface area (Å²) in [6, 6.07) is 0.0240. The van der Waals surface area contributed by atoms with Crippen molar-refractivity contribution in [2.75, 3.05) is 6.54 Å². The Labute approximate surface area is 117 Å². The second-order valence-corrected chi connectivity index (χ2v) is 7.09. The van der Waals surface area contributed by atoms with Crippen LogP contribution in [0, 0.1) is 23.7 Å². The van der Waals surface area contributed by atoms with E-state index in [-0.39, 0.29) is 6.04 Å². The van der Waals surface area contributed by atoms with Gasteiger partial charge in [-0.3, -0.25) is 4.79 Å². The highest BCUT2D eigenvalue weighted by Gasteiger charge is 2.89. The molecule has 5 heteroatoms. The minimum absolute atomic E-state index is 0.0240. The minimum Gasteiger partial charge on any atom is -0.423 e. The summed E-state index contributed by atoms with van der Waals surface area (Å²) in [5, 5.41) is 8.05. The van der Waals surface area contributed by atoms with E-state index in [1.54, 1.807) is 6.92 Å². The Morgan fingerprint density at radius 1 is 1.25 bits per heavy atom. The molecule has 1 atom stereocenters. The third-order valence-corrected chi connectivity index (χ3v) is 6.20. The molecule has 1 aliphatic heterocycles. The van der Waals surface area contributed by atoms with Gasteiger partial charge < -0.3 is 9.32 Å². The zero-order chi connectivity index (χ0) is 13.5. The number of aryl methyl sites for hydroxylation is 1. The number of aromatic nitrogens is 2. The molecule has 1 aromatic rings. The van der Waals surface area contributed by atoms with Crippen molar-refractivity contribution in [2.45, 2.75) is 51.5 Å². The van der Waals surface area contributed by atoms with Crippen LogP contribution < -0.4 is 0 Å². The van der Waals surface area contributed by atoms with Gasteiger partial charge in [-0.1, -0.05) is 0 Å². The predicted molar refractivity (Wildman–Crippen MR) is 69.5 cm³/mol. The molecule has 2 spiro atoms. The summed E-state index contributed by atoms with van der Waals surface area (Å²) in [4.78, 5) is 15.0. The number of carbonyl (C=O) groups excluding carboxylic acids is 1. The van der Waals surface area contributed by atoms with Gasteiger partial charge >= 0.3 is 0 Å². The highest BCUT2D eigenvalue weighted by atomic mass is 16.4. The lowest BCUT2D eigenvalue weighted by atomic mass is 10.2. The normalized spacial score (nSPS) is 32.0. The number of carbonyl (C=O) groups is 1. The Hall–Kier alpha value is -1.39. The molecule has 1 aromatic heterocycles. The van der Waals surface area contributed by atoms with Crippen LogP contribution in [0.5, 0.6) is 0 Å². The number of hydrogen-bond donors (Lipinski definition) is 0. The Morgan fingerprint density at radius 3 is 2.50 bits per heavy atom. The summed E-state index contributed by atoms with van der Waals surface area (Å²) in [7, 11) is 0. The van der Waals surface area contributed by atoms with E-state index in [0.29, 0.717) is 34.4 Å². The molecule has 1 amide bonds. The van der Waals surface area contributed by atoms with Crippen molar-refractivity contribution in [2.24, 2.45) is 16.7 Å². The summed E-state index contributed by atoms with van der Waals surface area (Å²) in [6.07, 6.45) is 7.12. The van der Waals surface area contributed by atoms with Crippen LogP contribution >= 0.6 is 0 Å². The van der Waals surface area contributed by atoms with Gasteiger partial charge in [0.25, 0.3) is 0 Å². The fourth-order valence-corrected chi connectivity index (χ4v) is 4.95. The number of hydrogen-bond acceptors (Lipinski definition) is 4. The third kappa shape index (κ3) is 1.18. The monoisotopic (exact) mass is 273 g/mol. The first kappa shape index (κ1) is 11.3. The fourth-order valence-electron chi connectivity index (χ4n) is 4.95. The molecule has 2 heterocycles. The Kier molecular flexibility index (Phi) is 1.84. The van der Waals surface area contributed by atoms with Gasteiger partial charge in [0.05, 0.1) is 5.92 Å². The number of likely N-dealkylation sites (tertiary alicyclic amines) is 1. The maximum atomic E-state index is 12.9. The number of nitrogens with zero attached hydrogens (tertiary/aromatic N) is 3. The summed E-state index contributed by atoms with van der Waals surface area (Å²) in [6.45, 7) is 2.66. The lowest BCUT2D eigenvalue weighted by Gasteiger charge is -2.22. The first-order valence-corrected chi connectivity index (χ1v) is 7.78. The average Bonchev–Trinajstić information content (AvgIpc) is 3.37. The SMILES string of the molecule is Cc1nnc([C@@H]2CCCN2C(=O)C2C3(CC3)C23CC3)o1. The van der Waals surface area contributed by atoms with E-state index >= 15 is 0 Å². The summed E-state index contributed by atoms with van der Waals surface area (Å²) in [5.74, 6) is 1.91. The zero-order valence-electron chi connectivity index (χ0n) is 11.8. The summed E-state index contributed by atoms with van der Waals surface area (Å²) >= 11 is 0. The highest BCUT2D eigenvalue weighted by molar-refractivity contribution is 5.87. The molecule has 0 radical (unpaired) electrons. The molecule has 4 aliphatic rings. The smallest absolute Gasteiger partial charge is 0.238 e. The van der Waals surface area contributed by atoms with E-state index in [0.717, 1.165) is 19.4 Å². The van der Waals surface area contributed by atoms with Crippen LogP contribution in [0.3, 0.4) is 0 Å². The Bertz CT molecular complexity index is 582. The maximum absolute atomic E-state index is 12.9.